The number of nitrogens with zero attached hydrogens (tertiary/aromatic N) is 4. The van der Waals surface area contributed by atoms with Crippen LogP contribution >= 0.6 is 10.2 Å². The van der Waals surface area contributed by atoms with Crippen LogP contribution in [-0.2, 0) is 19.4 Å². The molecule has 0 radical (unpaired) electrons. The van der Waals surface area contributed by atoms with Crippen LogP contribution in [0.3, 0.4) is 0 Å². The lowest BCUT2D eigenvalue weighted by Crippen LogP contribution is -2.52. The Balaban J connectivity index is 1.86. The summed E-state index contributed by atoms with van der Waals surface area (Å²) in [7, 11) is -13.9. The van der Waals surface area contributed by atoms with Gasteiger partial charge >= 0.3 is 10.2 Å². The third kappa shape index (κ3) is 7.80. The number of sulfone groups is 1. The highest BCUT2D eigenvalue weighted by atomic mass is 32.5. The molecule has 1 aromatic carbocycles. The van der Waals surface area contributed by atoms with Crippen LogP contribution in [0, 0.1) is 18.4 Å². The number of aromatic nitrogens is 1. The first kappa shape index (κ1) is 34.3. The maximum absolute atomic E-state index is 14.3. The van der Waals surface area contributed by atoms with Crippen LogP contribution in [0.5, 0.6) is 0 Å². The molecule has 45 heavy (non-hydrogen) atoms. The Morgan fingerprint density at radius 3 is 2.22 bits per heavy atom. The van der Waals surface area contributed by atoms with Crippen molar-refractivity contribution in [2.45, 2.75) is 73.2 Å². The van der Waals surface area contributed by atoms with Crippen LogP contribution in [-0.4, -0.2) is 66.2 Å². The van der Waals surface area contributed by atoms with Gasteiger partial charge in [0, 0.05) is 55.3 Å². The largest absolute Gasteiger partial charge is 0.351 e. The van der Waals surface area contributed by atoms with Gasteiger partial charge in [0.25, 0.3) is 5.91 Å². The van der Waals surface area contributed by atoms with Crippen LogP contribution in [0.15, 0.2) is 47.6 Å². The fraction of sp³-hybridized carbons (Fsp3) is 0.481. The van der Waals surface area contributed by atoms with Gasteiger partial charge in [0.15, 0.2) is 16.0 Å². The summed E-state index contributed by atoms with van der Waals surface area (Å²) >= 11 is 0. The summed E-state index contributed by atoms with van der Waals surface area (Å²) in [6.45, 7) is 1.15. The first-order valence-electron chi connectivity index (χ1n) is 13.6. The number of anilines is 1. The van der Waals surface area contributed by atoms with E-state index in [0.717, 1.165) is 11.2 Å². The molecule has 0 spiro atoms. The summed E-state index contributed by atoms with van der Waals surface area (Å²) < 4.78 is 120. The normalized spacial score (nSPS) is 22.9. The summed E-state index contributed by atoms with van der Waals surface area (Å²) in [5.41, 5.74) is -0.0216. The molecule has 4 rings (SSSR count). The number of hydrogen-bond donors (Lipinski definition) is 1. The molecule has 1 saturated carbocycles. The third-order valence-electron chi connectivity index (χ3n) is 8.02. The highest BCUT2D eigenvalue weighted by Gasteiger charge is 2.65. The van der Waals surface area contributed by atoms with E-state index in [4.69, 9.17) is 0 Å². The molecule has 0 bridgehead atoms. The molecule has 3 atom stereocenters. The number of carbonyl (C=O) groups is 2. The number of nitriles is 1. The molecule has 1 N–H and O–H groups in total. The number of amides is 2. The smallest absolute Gasteiger partial charge is 0.310 e. The van der Waals surface area contributed by atoms with Crippen LogP contribution in [0.2, 0.25) is 0 Å². The Hall–Kier alpha value is -3.59. The molecule has 1 unspecified atom stereocenters. The predicted molar refractivity (Wildman–Crippen MR) is 152 cm³/mol. The fourth-order valence-corrected chi connectivity index (χ4v) is 7.12. The highest BCUT2D eigenvalue weighted by Crippen LogP contribution is 3.02. The van der Waals surface area contributed by atoms with Crippen molar-refractivity contribution in [3.63, 3.8) is 0 Å². The summed E-state index contributed by atoms with van der Waals surface area (Å²) in [6, 6.07) is -1.30. The second kappa shape index (κ2) is 11.0. The van der Waals surface area contributed by atoms with Gasteiger partial charge in [-0.25, -0.2) is 17.2 Å². The summed E-state index contributed by atoms with van der Waals surface area (Å²) in [6.07, 6.45) is 3.48. The van der Waals surface area contributed by atoms with Crippen molar-refractivity contribution in [1.29, 1.82) is 5.26 Å². The van der Waals surface area contributed by atoms with Crippen molar-refractivity contribution in [3.05, 3.63) is 53.9 Å². The van der Waals surface area contributed by atoms with Gasteiger partial charge in [0.05, 0.1) is 5.25 Å². The minimum absolute atomic E-state index is 0.0570. The number of pyridine rings is 1. The van der Waals surface area contributed by atoms with E-state index in [-0.39, 0.29) is 37.1 Å². The van der Waals surface area contributed by atoms with Gasteiger partial charge in [-0.05, 0) is 62.1 Å². The van der Waals surface area contributed by atoms with E-state index in [1.165, 1.54) is 25.4 Å². The molecular weight excluding hydrogens is 655 g/mol. The zero-order valence-electron chi connectivity index (χ0n) is 24.0. The summed E-state index contributed by atoms with van der Waals surface area (Å²) in [5.74, 6) is -4.96. The van der Waals surface area contributed by atoms with E-state index in [2.05, 4.69) is 10.3 Å². The summed E-state index contributed by atoms with van der Waals surface area (Å²) in [4.78, 5) is 31.6. The number of aryl methyl sites for hydroxylation is 1. The van der Waals surface area contributed by atoms with Gasteiger partial charge in [-0.15, -0.1) is 0 Å². The molecule has 2 aliphatic rings. The fourth-order valence-electron chi connectivity index (χ4n) is 5.50. The van der Waals surface area contributed by atoms with E-state index in [1.807, 2.05) is 0 Å². The van der Waals surface area contributed by atoms with Gasteiger partial charge in [-0.1, -0.05) is 19.4 Å². The van der Waals surface area contributed by atoms with E-state index < -0.39 is 91.0 Å². The number of halogens is 7. The van der Waals surface area contributed by atoms with Gasteiger partial charge in [-0.2, -0.15) is 5.26 Å². The number of hydrogen-bond acceptors (Lipinski definition) is 7. The second-order valence-corrected chi connectivity index (χ2v) is 16.1. The number of likely N-dealkylation sites (tertiary alicyclic amines) is 1. The molecule has 1 saturated heterocycles. The first-order chi connectivity index (χ1) is 20.5. The van der Waals surface area contributed by atoms with Crippen molar-refractivity contribution >= 4 is 37.6 Å². The van der Waals surface area contributed by atoms with Gasteiger partial charge in [-0.3, -0.25) is 24.4 Å². The predicted octanol–water partition coefficient (Wildman–Crippen LogP) is 5.78. The summed E-state index contributed by atoms with van der Waals surface area (Å²) in [5, 5.41) is 11.2. The van der Waals surface area contributed by atoms with Crippen molar-refractivity contribution in [1.82, 2.24) is 15.2 Å². The van der Waals surface area contributed by atoms with Gasteiger partial charge in [0.2, 0.25) is 11.8 Å². The Bertz CT molecular complexity index is 1630. The lowest BCUT2D eigenvalue weighted by atomic mass is 9.91. The van der Waals surface area contributed by atoms with E-state index >= 15 is 0 Å². The highest BCUT2D eigenvalue weighted by molar-refractivity contribution is 8.45. The number of rotatable bonds is 8. The lowest BCUT2D eigenvalue weighted by Gasteiger charge is -2.41. The van der Waals surface area contributed by atoms with E-state index in [0.29, 0.717) is 22.6 Å². The molecule has 2 amide bonds. The molecule has 2 aromatic rings. The zero-order valence-corrected chi connectivity index (χ0v) is 25.6. The van der Waals surface area contributed by atoms with Crippen LogP contribution < -0.4 is 10.2 Å². The maximum Gasteiger partial charge on any atom is 0.310 e. The van der Waals surface area contributed by atoms with Crippen LogP contribution in [0.25, 0.3) is 0 Å². The average molecular weight is 686 g/mol. The van der Waals surface area contributed by atoms with Gasteiger partial charge in [0.1, 0.15) is 17.0 Å². The van der Waals surface area contributed by atoms with Crippen LogP contribution in [0.1, 0.15) is 49.3 Å². The number of carbonyl (C=O) groups excluding carboxylic acids is 2. The van der Waals surface area contributed by atoms with Gasteiger partial charge < -0.3 is 5.32 Å². The minimum atomic E-state index is -10.1. The molecule has 1 aromatic heterocycles. The zero-order chi connectivity index (χ0) is 33.7. The Labute approximate surface area is 255 Å². The number of benzene rings is 1. The molecule has 1 aliphatic carbocycles. The average Bonchev–Trinajstić information content (AvgIpc) is 3.37. The Morgan fingerprint density at radius 1 is 1.11 bits per heavy atom. The standard InChI is InChI=1S/C27H30F7N5O4S2/c1-17-9-12-36-14-22(17)24(25(40)37-18-7-10-27(28,29)11-8-18)39(19-3-5-21(6-4-19)45(30,31,32,33)34)26(41)23-13-20(44(2,42)43)15-38(23)16-35/h3-6,9,12,14,18,20,23-24H,7-8,10-11,13,15H2,1-2H3,(H,37,40)/t20-,23+,24?/m0/s1. The van der Waals surface area contributed by atoms with Crippen molar-refractivity contribution in [2.24, 2.45) is 0 Å². The van der Waals surface area contributed by atoms with E-state index in [9.17, 15) is 51.5 Å². The maximum atomic E-state index is 14.3. The Kier molecular flexibility index (Phi) is 8.41. The quantitative estimate of drug-likeness (QED) is 0.276. The molecule has 9 nitrogen and oxygen atoms in total. The minimum Gasteiger partial charge on any atom is -0.351 e. The van der Waals surface area contributed by atoms with Crippen molar-refractivity contribution in [3.8, 4) is 6.19 Å². The molecule has 2 fully saturated rings. The molecular formula is C27H30F7N5O4S2. The monoisotopic (exact) mass is 685 g/mol. The number of nitrogens with one attached hydrogen (secondary N) is 1. The van der Waals surface area contributed by atoms with Crippen LogP contribution in [0.4, 0.5) is 33.9 Å². The third-order valence-corrected chi connectivity index (χ3v) is 10.7. The molecule has 1 aliphatic heterocycles. The molecule has 18 heteroatoms. The molecule has 2 heterocycles. The second-order valence-electron chi connectivity index (χ2n) is 11.4. The van der Waals surface area contributed by atoms with E-state index in [1.54, 1.807) is 6.19 Å². The Morgan fingerprint density at radius 2 is 1.71 bits per heavy atom. The van der Waals surface area contributed by atoms with Crippen molar-refractivity contribution in [2.75, 3.05) is 17.7 Å². The van der Waals surface area contributed by atoms with Crippen molar-refractivity contribution < 1.29 is 46.2 Å². The first-order valence-corrected chi connectivity index (χ1v) is 17.5. The molecule has 248 valence electrons. The number of alkyl halides is 2. The lowest BCUT2D eigenvalue weighted by molar-refractivity contribution is -0.129. The SMILES string of the molecule is Cc1ccncc1C(C(=O)NC1CCC(F)(F)CC1)N(C(=O)[C@H]1C[C@H](S(C)(=O)=O)CN1C#N)c1ccc(S(F)(F)(F)(F)F)cc1. The topological polar surface area (TPSA) is 123 Å².